The summed E-state index contributed by atoms with van der Waals surface area (Å²) in [5.41, 5.74) is 1.12. The monoisotopic (exact) mass is 276 g/mol. The lowest BCUT2D eigenvalue weighted by atomic mass is 10.1. The van der Waals surface area contributed by atoms with Crippen molar-refractivity contribution in [3.8, 4) is 5.75 Å². The fourth-order valence-electron chi connectivity index (χ4n) is 2.77. The number of hydrogen-bond donors (Lipinski definition) is 1. The van der Waals surface area contributed by atoms with E-state index in [1.54, 1.807) is 0 Å². The molecule has 1 saturated heterocycles. The molecule has 110 valence electrons. The Morgan fingerprint density at radius 1 is 1.45 bits per heavy atom. The van der Waals surface area contributed by atoms with Gasteiger partial charge in [-0.2, -0.15) is 0 Å². The predicted molar refractivity (Wildman–Crippen MR) is 79.8 cm³/mol. The van der Waals surface area contributed by atoms with Gasteiger partial charge in [0.1, 0.15) is 5.75 Å². The van der Waals surface area contributed by atoms with Crippen LogP contribution in [0.5, 0.6) is 5.75 Å². The minimum atomic E-state index is 0.104. The molecule has 0 radical (unpaired) electrons. The van der Waals surface area contributed by atoms with Gasteiger partial charge in [-0.1, -0.05) is 25.1 Å². The van der Waals surface area contributed by atoms with Crippen molar-refractivity contribution in [1.29, 1.82) is 0 Å². The van der Waals surface area contributed by atoms with E-state index in [0.29, 0.717) is 25.5 Å². The van der Waals surface area contributed by atoms with E-state index in [-0.39, 0.29) is 11.9 Å². The number of likely N-dealkylation sites (N-methyl/N-ethyl adjacent to an activating group) is 1. The third-order valence-electron chi connectivity index (χ3n) is 3.75. The molecular formula is C16H24N2O2. The lowest BCUT2D eigenvalue weighted by Gasteiger charge is -2.25. The highest BCUT2D eigenvalue weighted by atomic mass is 16.5. The summed E-state index contributed by atoms with van der Waals surface area (Å²) in [6, 6.07) is 8.14. The number of likely N-dealkylation sites (tertiary alicyclic amines) is 1. The fourth-order valence-corrected chi connectivity index (χ4v) is 2.77. The van der Waals surface area contributed by atoms with E-state index in [9.17, 15) is 4.79 Å². The zero-order valence-electron chi connectivity index (χ0n) is 12.6. The molecule has 1 aliphatic heterocycles. The second kappa shape index (κ2) is 6.75. The van der Waals surface area contributed by atoms with Crippen LogP contribution in [0.15, 0.2) is 24.3 Å². The Hall–Kier alpha value is -1.55. The Labute approximate surface area is 121 Å². The first-order valence-corrected chi connectivity index (χ1v) is 7.32. The van der Waals surface area contributed by atoms with Crippen LogP contribution in [0.3, 0.4) is 0 Å². The summed E-state index contributed by atoms with van der Waals surface area (Å²) in [5, 5.41) is 3.31. The number of benzene rings is 1. The van der Waals surface area contributed by atoms with Crippen molar-refractivity contribution in [3.63, 3.8) is 0 Å². The molecule has 1 aromatic rings. The quantitative estimate of drug-likeness (QED) is 0.866. The van der Waals surface area contributed by atoms with Gasteiger partial charge in [0.05, 0.1) is 12.6 Å². The number of rotatable bonds is 6. The number of nitrogens with one attached hydrogen (secondary N) is 1. The maximum absolute atomic E-state index is 11.9. The summed E-state index contributed by atoms with van der Waals surface area (Å²) in [4.78, 5) is 13.9. The first-order valence-electron chi connectivity index (χ1n) is 7.32. The van der Waals surface area contributed by atoms with E-state index in [1.165, 1.54) is 0 Å². The summed E-state index contributed by atoms with van der Waals surface area (Å²) in [5.74, 6) is 1.61. The van der Waals surface area contributed by atoms with Crippen LogP contribution < -0.4 is 10.1 Å². The molecule has 1 amide bonds. The highest BCUT2D eigenvalue weighted by molar-refractivity contribution is 5.78. The van der Waals surface area contributed by atoms with Gasteiger partial charge in [0.25, 0.3) is 0 Å². The highest BCUT2D eigenvalue weighted by Gasteiger charge is 2.29. The summed E-state index contributed by atoms with van der Waals surface area (Å²) in [6.07, 6.45) is 0.670. The second-order valence-corrected chi connectivity index (χ2v) is 5.42. The van der Waals surface area contributed by atoms with Crippen LogP contribution in [-0.2, 0) is 4.79 Å². The molecule has 4 nitrogen and oxygen atoms in total. The van der Waals surface area contributed by atoms with Crippen LogP contribution in [0.4, 0.5) is 0 Å². The van der Waals surface area contributed by atoms with Crippen molar-refractivity contribution in [2.45, 2.75) is 26.3 Å². The summed E-state index contributed by atoms with van der Waals surface area (Å²) in [7, 11) is 1.93. The maximum atomic E-state index is 11.9. The van der Waals surface area contributed by atoms with Crippen molar-refractivity contribution < 1.29 is 9.53 Å². The number of amides is 1. The van der Waals surface area contributed by atoms with E-state index in [4.69, 9.17) is 4.74 Å². The molecule has 2 unspecified atom stereocenters. The zero-order chi connectivity index (χ0) is 14.5. The summed E-state index contributed by atoms with van der Waals surface area (Å²) in [6.45, 7) is 6.31. The van der Waals surface area contributed by atoms with Gasteiger partial charge < -0.3 is 15.0 Å². The Morgan fingerprint density at radius 2 is 2.20 bits per heavy atom. The molecule has 0 aliphatic carbocycles. The van der Waals surface area contributed by atoms with E-state index < -0.39 is 0 Å². The van der Waals surface area contributed by atoms with E-state index >= 15 is 0 Å². The lowest BCUT2D eigenvalue weighted by Crippen LogP contribution is -2.35. The van der Waals surface area contributed by atoms with Gasteiger partial charge in [-0.05, 0) is 26.0 Å². The van der Waals surface area contributed by atoms with Gasteiger partial charge >= 0.3 is 0 Å². The van der Waals surface area contributed by atoms with Crippen molar-refractivity contribution in [2.75, 3.05) is 26.7 Å². The van der Waals surface area contributed by atoms with Crippen LogP contribution in [0.2, 0.25) is 0 Å². The average molecular weight is 276 g/mol. The Kier molecular flexibility index (Phi) is 5.01. The van der Waals surface area contributed by atoms with Gasteiger partial charge in [-0.3, -0.25) is 4.79 Å². The molecule has 20 heavy (non-hydrogen) atoms. The van der Waals surface area contributed by atoms with Crippen LogP contribution in [0, 0.1) is 5.92 Å². The topological polar surface area (TPSA) is 41.6 Å². The van der Waals surface area contributed by atoms with Crippen molar-refractivity contribution in [3.05, 3.63) is 29.8 Å². The average Bonchev–Trinajstić information content (AvgIpc) is 2.75. The number of hydrogen-bond acceptors (Lipinski definition) is 3. The van der Waals surface area contributed by atoms with Crippen LogP contribution in [0.1, 0.15) is 31.9 Å². The van der Waals surface area contributed by atoms with Gasteiger partial charge in [-0.15, -0.1) is 0 Å². The molecule has 1 N–H and O–H groups in total. The van der Waals surface area contributed by atoms with E-state index in [1.807, 2.05) is 37.1 Å². The number of ether oxygens (including phenoxy) is 1. The molecule has 1 aliphatic rings. The molecule has 0 saturated carbocycles. The van der Waals surface area contributed by atoms with Gasteiger partial charge in [0.15, 0.2) is 0 Å². The molecule has 0 aromatic heterocycles. The van der Waals surface area contributed by atoms with Gasteiger partial charge in [0.2, 0.25) is 5.91 Å². The van der Waals surface area contributed by atoms with Crippen molar-refractivity contribution in [2.24, 2.45) is 5.92 Å². The Balaban J connectivity index is 2.14. The molecule has 0 bridgehead atoms. The molecule has 1 heterocycles. The largest absolute Gasteiger partial charge is 0.494 e. The summed E-state index contributed by atoms with van der Waals surface area (Å²) < 4.78 is 5.69. The first-order chi connectivity index (χ1) is 9.65. The molecule has 1 fully saturated rings. The number of nitrogens with zero attached hydrogens (tertiary/aromatic N) is 1. The van der Waals surface area contributed by atoms with Gasteiger partial charge in [0, 0.05) is 25.1 Å². The first kappa shape index (κ1) is 14.9. The van der Waals surface area contributed by atoms with Crippen molar-refractivity contribution in [1.82, 2.24) is 10.2 Å². The lowest BCUT2D eigenvalue weighted by molar-refractivity contribution is -0.128. The predicted octanol–water partition coefficient (Wildman–Crippen LogP) is 2.21. The normalized spacial score (nSPS) is 20.2. The van der Waals surface area contributed by atoms with E-state index in [2.05, 4.69) is 18.3 Å². The standard InChI is InChI=1S/C16H24N2O2/c1-4-20-15-8-6-5-7-13(15)14(17-3)11-18-10-12(2)9-16(18)19/h5-8,12,14,17H,4,9-11H2,1-3H3. The molecule has 2 atom stereocenters. The van der Waals surface area contributed by atoms with Crippen LogP contribution in [0.25, 0.3) is 0 Å². The smallest absolute Gasteiger partial charge is 0.222 e. The third kappa shape index (κ3) is 3.31. The SMILES string of the molecule is CCOc1ccccc1C(CN1CC(C)CC1=O)NC. The number of carbonyl (C=O) groups is 1. The second-order valence-electron chi connectivity index (χ2n) is 5.42. The summed E-state index contributed by atoms with van der Waals surface area (Å²) >= 11 is 0. The zero-order valence-corrected chi connectivity index (χ0v) is 12.6. The fraction of sp³-hybridized carbons (Fsp3) is 0.562. The maximum Gasteiger partial charge on any atom is 0.222 e. The highest BCUT2D eigenvalue weighted by Crippen LogP contribution is 2.27. The molecule has 0 spiro atoms. The van der Waals surface area contributed by atoms with Crippen molar-refractivity contribution >= 4 is 5.91 Å². The van der Waals surface area contributed by atoms with Crippen LogP contribution >= 0.6 is 0 Å². The molecule has 2 rings (SSSR count). The van der Waals surface area contributed by atoms with Crippen LogP contribution in [-0.4, -0.2) is 37.6 Å². The molecule has 1 aromatic carbocycles. The molecule has 4 heteroatoms. The third-order valence-corrected chi connectivity index (χ3v) is 3.75. The minimum absolute atomic E-state index is 0.104. The Bertz CT molecular complexity index is 462. The number of para-hydroxylation sites is 1. The Morgan fingerprint density at radius 3 is 2.80 bits per heavy atom. The molecular weight excluding hydrogens is 252 g/mol. The number of carbonyl (C=O) groups excluding carboxylic acids is 1. The van der Waals surface area contributed by atoms with Gasteiger partial charge in [-0.25, -0.2) is 0 Å². The minimum Gasteiger partial charge on any atom is -0.494 e. The van der Waals surface area contributed by atoms with E-state index in [0.717, 1.165) is 17.9 Å².